The van der Waals surface area contributed by atoms with Crippen molar-refractivity contribution in [3.05, 3.63) is 24.3 Å². The molecule has 1 rings (SSSR count). The van der Waals surface area contributed by atoms with Gasteiger partial charge in [0.2, 0.25) is 5.91 Å². The van der Waals surface area contributed by atoms with Crippen molar-refractivity contribution in [1.29, 1.82) is 0 Å². The van der Waals surface area contributed by atoms with Gasteiger partial charge in [-0.15, -0.1) is 0 Å². The second kappa shape index (κ2) is 10.2. The van der Waals surface area contributed by atoms with E-state index in [0.717, 1.165) is 43.7 Å². The third-order valence-corrected chi connectivity index (χ3v) is 3.09. The molecule has 2 N–H and O–H groups in total. The first kappa shape index (κ1) is 17.4. The zero-order valence-electron chi connectivity index (χ0n) is 12.8. The molecule has 21 heavy (non-hydrogen) atoms. The van der Waals surface area contributed by atoms with Crippen LogP contribution in [0.25, 0.3) is 0 Å². The van der Waals surface area contributed by atoms with E-state index in [0.29, 0.717) is 11.5 Å². The maximum atomic E-state index is 11.5. The van der Waals surface area contributed by atoms with Crippen molar-refractivity contribution in [3.63, 3.8) is 0 Å². The molecule has 0 aromatic heterocycles. The number of amides is 1. The van der Waals surface area contributed by atoms with Gasteiger partial charge in [-0.05, 0) is 49.3 Å². The molecule has 1 amide bonds. The van der Waals surface area contributed by atoms with Crippen LogP contribution in [0, 0.1) is 0 Å². The molecule has 0 aliphatic heterocycles. The zero-order valence-corrected chi connectivity index (χ0v) is 13.6. The maximum Gasteiger partial charge on any atom is 0.226 e. The molecule has 0 saturated heterocycles. The van der Waals surface area contributed by atoms with E-state index < -0.39 is 0 Å². The standard InChI is InChI=1S/C16H24N2O2S/c1-3-5-7-15(19)18-16(21)17-13-8-10-14(11-9-13)20-12-6-4-2/h8-11H,3-7,12H2,1-2H3,(H2,17,18,19,21). The molecule has 1 aromatic rings. The van der Waals surface area contributed by atoms with E-state index >= 15 is 0 Å². The van der Waals surface area contributed by atoms with Crippen LogP contribution in [0.4, 0.5) is 5.69 Å². The molecule has 0 heterocycles. The third-order valence-electron chi connectivity index (χ3n) is 2.89. The van der Waals surface area contributed by atoms with Crippen molar-refractivity contribution in [2.75, 3.05) is 11.9 Å². The van der Waals surface area contributed by atoms with Gasteiger partial charge in [0, 0.05) is 12.1 Å². The molecule has 0 radical (unpaired) electrons. The number of nitrogens with one attached hydrogen (secondary N) is 2. The first-order valence-corrected chi connectivity index (χ1v) is 7.90. The van der Waals surface area contributed by atoms with Crippen LogP contribution in [-0.2, 0) is 4.79 Å². The summed E-state index contributed by atoms with van der Waals surface area (Å²) in [5.41, 5.74) is 0.832. The number of carbonyl (C=O) groups excluding carboxylic acids is 1. The normalized spacial score (nSPS) is 10.0. The average Bonchev–Trinajstić information content (AvgIpc) is 2.47. The fourth-order valence-electron chi connectivity index (χ4n) is 1.66. The van der Waals surface area contributed by atoms with Crippen molar-refractivity contribution in [2.45, 2.75) is 46.0 Å². The van der Waals surface area contributed by atoms with E-state index in [1.807, 2.05) is 31.2 Å². The van der Waals surface area contributed by atoms with Gasteiger partial charge in [-0.2, -0.15) is 0 Å². The minimum Gasteiger partial charge on any atom is -0.494 e. The molecule has 0 bridgehead atoms. The summed E-state index contributed by atoms with van der Waals surface area (Å²) in [5.74, 6) is 0.792. The van der Waals surface area contributed by atoms with Gasteiger partial charge >= 0.3 is 0 Å². The lowest BCUT2D eigenvalue weighted by Gasteiger charge is -2.10. The molecular weight excluding hydrogens is 284 g/mol. The number of hydrogen-bond acceptors (Lipinski definition) is 3. The number of rotatable bonds is 8. The minimum atomic E-state index is -0.0473. The molecule has 0 unspecified atom stereocenters. The van der Waals surface area contributed by atoms with E-state index in [1.54, 1.807) is 0 Å². The summed E-state index contributed by atoms with van der Waals surface area (Å²) in [6, 6.07) is 7.54. The fourth-order valence-corrected chi connectivity index (χ4v) is 1.89. The lowest BCUT2D eigenvalue weighted by molar-refractivity contribution is -0.119. The lowest BCUT2D eigenvalue weighted by atomic mass is 10.2. The van der Waals surface area contributed by atoms with Crippen molar-refractivity contribution in [1.82, 2.24) is 5.32 Å². The quantitative estimate of drug-likeness (QED) is 0.565. The molecule has 0 fully saturated rings. The molecule has 0 saturated carbocycles. The Balaban J connectivity index is 2.37. The smallest absolute Gasteiger partial charge is 0.226 e. The number of thiocarbonyl (C=S) groups is 1. The number of carbonyl (C=O) groups is 1. The Morgan fingerprint density at radius 2 is 1.81 bits per heavy atom. The molecule has 1 aromatic carbocycles. The molecule has 0 spiro atoms. The highest BCUT2D eigenvalue weighted by atomic mass is 32.1. The number of anilines is 1. The summed E-state index contributed by atoms with van der Waals surface area (Å²) in [6.45, 7) is 4.91. The van der Waals surface area contributed by atoms with Gasteiger partial charge in [0.05, 0.1) is 6.61 Å². The Morgan fingerprint density at radius 3 is 2.43 bits per heavy atom. The van der Waals surface area contributed by atoms with Gasteiger partial charge in [-0.1, -0.05) is 26.7 Å². The predicted octanol–water partition coefficient (Wildman–Crippen LogP) is 3.87. The summed E-state index contributed by atoms with van der Waals surface area (Å²) in [4.78, 5) is 11.5. The summed E-state index contributed by atoms with van der Waals surface area (Å²) < 4.78 is 5.58. The Morgan fingerprint density at radius 1 is 1.14 bits per heavy atom. The van der Waals surface area contributed by atoms with Gasteiger partial charge < -0.3 is 15.4 Å². The van der Waals surface area contributed by atoms with Crippen LogP contribution in [0.3, 0.4) is 0 Å². The van der Waals surface area contributed by atoms with Gasteiger partial charge in [0.15, 0.2) is 5.11 Å². The minimum absolute atomic E-state index is 0.0473. The van der Waals surface area contributed by atoms with Crippen LogP contribution in [0.2, 0.25) is 0 Å². The fraction of sp³-hybridized carbons (Fsp3) is 0.500. The first-order valence-electron chi connectivity index (χ1n) is 7.49. The Kier molecular flexibility index (Phi) is 8.43. The Hall–Kier alpha value is -1.62. The highest BCUT2D eigenvalue weighted by Gasteiger charge is 2.04. The monoisotopic (exact) mass is 308 g/mol. The van der Waals surface area contributed by atoms with Crippen LogP contribution in [0.1, 0.15) is 46.0 Å². The molecule has 116 valence electrons. The second-order valence-corrected chi connectivity index (χ2v) is 5.24. The van der Waals surface area contributed by atoms with Gasteiger partial charge in [-0.25, -0.2) is 0 Å². The number of ether oxygens (including phenoxy) is 1. The maximum absolute atomic E-state index is 11.5. The summed E-state index contributed by atoms with van der Waals surface area (Å²) in [6.07, 6.45) is 4.54. The van der Waals surface area contributed by atoms with E-state index in [4.69, 9.17) is 17.0 Å². The predicted molar refractivity (Wildman–Crippen MR) is 90.7 cm³/mol. The molecule has 0 aliphatic rings. The molecule has 4 nitrogen and oxygen atoms in total. The van der Waals surface area contributed by atoms with Crippen LogP contribution >= 0.6 is 12.2 Å². The molecule has 0 atom stereocenters. The number of unbranched alkanes of at least 4 members (excludes halogenated alkanes) is 2. The molecular formula is C16H24N2O2S. The van der Waals surface area contributed by atoms with Crippen molar-refractivity contribution < 1.29 is 9.53 Å². The topological polar surface area (TPSA) is 50.4 Å². The van der Waals surface area contributed by atoms with Crippen molar-refractivity contribution in [2.24, 2.45) is 0 Å². The first-order chi connectivity index (χ1) is 10.2. The largest absolute Gasteiger partial charge is 0.494 e. The van der Waals surface area contributed by atoms with Crippen LogP contribution in [-0.4, -0.2) is 17.6 Å². The molecule has 5 heteroatoms. The number of benzene rings is 1. The van der Waals surface area contributed by atoms with Gasteiger partial charge in [-0.3, -0.25) is 4.79 Å². The van der Waals surface area contributed by atoms with Crippen LogP contribution < -0.4 is 15.4 Å². The van der Waals surface area contributed by atoms with Crippen molar-refractivity contribution >= 4 is 28.9 Å². The van der Waals surface area contributed by atoms with E-state index in [-0.39, 0.29) is 5.91 Å². The summed E-state index contributed by atoms with van der Waals surface area (Å²) in [7, 11) is 0. The summed E-state index contributed by atoms with van der Waals surface area (Å²) >= 11 is 5.11. The van der Waals surface area contributed by atoms with E-state index in [1.165, 1.54) is 0 Å². The zero-order chi connectivity index (χ0) is 15.5. The Bertz CT molecular complexity index is 446. The highest BCUT2D eigenvalue weighted by molar-refractivity contribution is 7.80. The molecule has 0 aliphatic carbocycles. The van der Waals surface area contributed by atoms with E-state index in [2.05, 4.69) is 17.6 Å². The van der Waals surface area contributed by atoms with Gasteiger partial charge in [0.25, 0.3) is 0 Å². The average molecular weight is 308 g/mol. The van der Waals surface area contributed by atoms with Gasteiger partial charge in [0.1, 0.15) is 5.75 Å². The van der Waals surface area contributed by atoms with Crippen molar-refractivity contribution in [3.8, 4) is 5.75 Å². The summed E-state index contributed by atoms with van der Waals surface area (Å²) in [5, 5.41) is 5.99. The SMILES string of the molecule is CCCCOc1ccc(NC(=S)NC(=O)CCCC)cc1. The van der Waals surface area contributed by atoms with E-state index in [9.17, 15) is 4.79 Å². The van der Waals surface area contributed by atoms with Crippen LogP contribution in [0.15, 0.2) is 24.3 Å². The Labute approximate surface area is 132 Å². The lowest BCUT2D eigenvalue weighted by Crippen LogP contribution is -2.33. The van der Waals surface area contributed by atoms with Crippen LogP contribution in [0.5, 0.6) is 5.75 Å². The third kappa shape index (κ3) is 7.66. The highest BCUT2D eigenvalue weighted by Crippen LogP contribution is 2.16. The number of hydrogen-bond donors (Lipinski definition) is 2. The second-order valence-electron chi connectivity index (χ2n) is 4.83.